The molecule has 8 nitrogen and oxygen atoms in total. The van der Waals surface area contributed by atoms with E-state index in [1.54, 1.807) is 30.5 Å². The van der Waals surface area contributed by atoms with Crippen molar-refractivity contribution < 1.29 is 23.0 Å². The van der Waals surface area contributed by atoms with Crippen molar-refractivity contribution in [2.75, 3.05) is 35.7 Å². The predicted octanol–water partition coefficient (Wildman–Crippen LogP) is 3.56. The van der Waals surface area contributed by atoms with Gasteiger partial charge in [-0.05, 0) is 60.3 Å². The fourth-order valence-electron chi connectivity index (χ4n) is 3.68. The van der Waals surface area contributed by atoms with Crippen molar-refractivity contribution in [1.82, 2.24) is 4.98 Å². The van der Waals surface area contributed by atoms with Crippen LogP contribution in [0.25, 0.3) is 0 Å². The van der Waals surface area contributed by atoms with E-state index in [4.69, 9.17) is 38.7 Å². The van der Waals surface area contributed by atoms with Crippen molar-refractivity contribution >= 4 is 59.0 Å². The summed E-state index contributed by atoms with van der Waals surface area (Å²) in [5.74, 6) is 0.397. The number of aliphatic imine (C=N–C) groups is 1. The molecule has 0 fully saturated rings. The third-order valence-electron chi connectivity index (χ3n) is 5.53. The molecule has 0 aliphatic rings. The Morgan fingerprint density at radius 2 is 1.80 bits per heavy atom. The molecule has 202 valence electrons. The number of ether oxygens (including phenoxy) is 2. The summed E-state index contributed by atoms with van der Waals surface area (Å²) in [6, 6.07) is 14.9. The SMILES string of the molecule is [B]C([B])([B])Oc1ccc(N(C=O)c2nc(OCC(F)F)ccc2CN(C)c2ccc(N)c(C=NCCC)c2)cc1. The first kappa shape index (κ1) is 30.5. The molecule has 13 heteroatoms. The molecule has 0 saturated heterocycles. The number of anilines is 4. The summed E-state index contributed by atoms with van der Waals surface area (Å²) in [6.45, 7) is 2.19. The summed E-state index contributed by atoms with van der Waals surface area (Å²) in [5, 5.41) is -1.88. The van der Waals surface area contributed by atoms with Crippen LogP contribution in [-0.4, -0.2) is 73.1 Å². The molecule has 0 atom stereocenters. The lowest BCUT2D eigenvalue weighted by Gasteiger charge is -2.26. The van der Waals surface area contributed by atoms with E-state index in [1.165, 1.54) is 23.1 Å². The summed E-state index contributed by atoms with van der Waals surface area (Å²) in [6.07, 6.45) is 0.526. The van der Waals surface area contributed by atoms with Gasteiger partial charge in [0.2, 0.25) is 12.3 Å². The van der Waals surface area contributed by atoms with Crippen LogP contribution in [0.3, 0.4) is 0 Å². The van der Waals surface area contributed by atoms with Crippen molar-refractivity contribution in [1.29, 1.82) is 0 Å². The normalized spacial score (nSPS) is 11.5. The van der Waals surface area contributed by atoms with Crippen LogP contribution >= 0.6 is 0 Å². The molecule has 1 aromatic heterocycles. The smallest absolute Gasteiger partial charge is 0.272 e. The van der Waals surface area contributed by atoms with Gasteiger partial charge in [-0.1, -0.05) is 6.92 Å². The number of alkyl halides is 2. The lowest BCUT2D eigenvalue weighted by molar-refractivity contribution is -0.106. The van der Waals surface area contributed by atoms with E-state index in [2.05, 4.69) is 9.98 Å². The highest BCUT2D eigenvalue weighted by atomic mass is 19.3. The zero-order valence-electron chi connectivity index (χ0n) is 22.3. The zero-order valence-corrected chi connectivity index (χ0v) is 22.3. The third kappa shape index (κ3) is 8.76. The molecule has 6 radical (unpaired) electrons. The van der Waals surface area contributed by atoms with E-state index in [1.807, 2.05) is 31.0 Å². The average Bonchev–Trinajstić information content (AvgIpc) is 2.90. The molecule has 1 amide bonds. The molecule has 0 bridgehead atoms. The van der Waals surface area contributed by atoms with Gasteiger partial charge in [-0.3, -0.25) is 14.7 Å². The fourth-order valence-corrected chi connectivity index (χ4v) is 3.68. The van der Waals surface area contributed by atoms with Gasteiger partial charge in [0.1, 0.15) is 35.1 Å². The highest BCUT2D eigenvalue weighted by Gasteiger charge is 2.19. The van der Waals surface area contributed by atoms with Crippen molar-refractivity contribution in [3.63, 3.8) is 0 Å². The number of hydrogen-bond donors (Lipinski definition) is 1. The first-order valence-electron chi connectivity index (χ1n) is 12.4. The monoisotopic (exact) mass is 541 g/mol. The molecule has 40 heavy (non-hydrogen) atoms. The van der Waals surface area contributed by atoms with Gasteiger partial charge >= 0.3 is 0 Å². The number of nitrogen functional groups attached to an aromatic ring is 1. The number of carbonyl (C=O) groups is 1. The van der Waals surface area contributed by atoms with Gasteiger partial charge in [-0.25, -0.2) is 8.78 Å². The van der Waals surface area contributed by atoms with E-state index in [-0.39, 0.29) is 17.4 Å². The van der Waals surface area contributed by atoms with E-state index in [0.717, 1.165) is 17.7 Å². The Balaban J connectivity index is 1.96. The first-order chi connectivity index (χ1) is 19.0. The first-order valence-corrected chi connectivity index (χ1v) is 12.4. The quantitative estimate of drug-likeness (QED) is 0.145. The van der Waals surface area contributed by atoms with Crippen molar-refractivity contribution in [2.24, 2.45) is 4.99 Å². The van der Waals surface area contributed by atoms with Crippen LogP contribution < -0.4 is 25.0 Å². The number of pyridine rings is 1. The molecule has 0 spiro atoms. The topological polar surface area (TPSA) is 93.3 Å². The van der Waals surface area contributed by atoms with E-state index < -0.39 is 18.3 Å². The van der Waals surface area contributed by atoms with Gasteiger partial charge in [0, 0.05) is 54.9 Å². The summed E-state index contributed by atoms with van der Waals surface area (Å²) in [4.78, 5) is 24.3. The Bertz CT molecular complexity index is 1310. The van der Waals surface area contributed by atoms with Crippen LogP contribution in [0.2, 0.25) is 0 Å². The van der Waals surface area contributed by atoms with E-state index in [0.29, 0.717) is 36.4 Å². The van der Waals surface area contributed by atoms with Crippen LogP contribution in [-0.2, 0) is 11.3 Å². The molecular weight excluding hydrogens is 513 g/mol. The number of carbonyl (C=O) groups excluding carboxylic acids is 1. The summed E-state index contributed by atoms with van der Waals surface area (Å²) >= 11 is 0. The molecule has 0 unspecified atom stereocenters. The number of nitrogens with zero attached hydrogens (tertiary/aromatic N) is 4. The summed E-state index contributed by atoms with van der Waals surface area (Å²) < 4.78 is 35.9. The van der Waals surface area contributed by atoms with Crippen LogP contribution in [0.5, 0.6) is 11.6 Å². The predicted molar refractivity (Wildman–Crippen MR) is 157 cm³/mol. The van der Waals surface area contributed by atoms with Gasteiger partial charge in [0.25, 0.3) is 6.43 Å². The molecule has 2 aromatic carbocycles. The standard InChI is InChI=1S/C27H28B3F2N5O3/c1-3-12-34-14-19-13-21(7-10-23(19)33)36(2)15-18-4-11-25(39-16-24(31)32)35-26(18)37(17-38)20-5-8-22(9-6-20)40-27(28,29)30/h4-11,13-14,17,24H,3,12,15-16,33H2,1-2H3. The summed E-state index contributed by atoms with van der Waals surface area (Å²) in [5.41, 5.74) is 9.35. The molecule has 0 aliphatic heterocycles. The highest BCUT2D eigenvalue weighted by molar-refractivity contribution is 6.58. The maximum atomic E-state index is 12.8. The molecule has 2 N–H and O–H groups in total. The Labute approximate surface area is 236 Å². The summed E-state index contributed by atoms with van der Waals surface area (Å²) in [7, 11) is 18.3. The average molecular weight is 541 g/mol. The highest BCUT2D eigenvalue weighted by Crippen LogP contribution is 2.31. The van der Waals surface area contributed by atoms with Gasteiger partial charge in [0.15, 0.2) is 6.61 Å². The van der Waals surface area contributed by atoms with Gasteiger partial charge in [0.05, 0.1) is 5.69 Å². The minimum absolute atomic E-state index is 0.0606. The lowest BCUT2D eigenvalue weighted by Crippen LogP contribution is -2.37. The number of benzene rings is 2. The Kier molecular flexibility index (Phi) is 10.6. The molecular formula is C27H28B3F2N5O3. The number of rotatable bonds is 14. The Morgan fingerprint density at radius 3 is 2.42 bits per heavy atom. The lowest BCUT2D eigenvalue weighted by atomic mass is 9.52. The van der Waals surface area contributed by atoms with Crippen LogP contribution in [0.1, 0.15) is 24.5 Å². The largest absolute Gasteiger partial charge is 0.516 e. The minimum atomic E-state index is -2.69. The molecule has 0 saturated carbocycles. The second-order valence-electron chi connectivity index (χ2n) is 8.96. The van der Waals surface area contributed by atoms with Gasteiger partial charge in [-0.2, -0.15) is 4.98 Å². The maximum Gasteiger partial charge on any atom is 0.272 e. The van der Waals surface area contributed by atoms with E-state index >= 15 is 0 Å². The number of nitrogens with two attached hydrogens (primary N) is 1. The number of aromatic nitrogens is 1. The second kappa shape index (κ2) is 13.9. The third-order valence-corrected chi connectivity index (χ3v) is 5.53. The van der Waals surface area contributed by atoms with Crippen molar-refractivity contribution in [2.45, 2.75) is 31.6 Å². The minimum Gasteiger partial charge on any atom is -0.516 e. The van der Waals surface area contributed by atoms with Crippen LogP contribution in [0, 0.1) is 0 Å². The van der Waals surface area contributed by atoms with Crippen LogP contribution in [0.15, 0.2) is 59.6 Å². The molecule has 3 rings (SSSR count). The molecule has 1 heterocycles. The van der Waals surface area contributed by atoms with Crippen molar-refractivity contribution in [3.8, 4) is 11.6 Å². The number of halogens is 2. The molecule has 3 aromatic rings. The maximum absolute atomic E-state index is 12.8. The fraction of sp³-hybridized carbons (Fsp3) is 0.296. The Morgan fingerprint density at radius 1 is 1.10 bits per heavy atom. The van der Waals surface area contributed by atoms with E-state index in [9.17, 15) is 13.6 Å². The van der Waals surface area contributed by atoms with Crippen molar-refractivity contribution in [3.05, 3.63) is 65.7 Å². The molecule has 0 aliphatic carbocycles. The van der Waals surface area contributed by atoms with Gasteiger partial charge in [-0.15, -0.1) is 0 Å². The Hall–Kier alpha value is -4.02. The number of hydrogen-bond acceptors (Lipinski definition) is 7. The second-order valence-corrected chi connectivity index (χ2v) is 8.96. The zero-order chi connectivity index (χ0) is 29.3. The number of amides is 1. The van der Waals surface area contributed by atoms with Crippen LogP contribution in [0.4, 0.5) is 31.7 Å². The van der Waals surface area contributed by atoms with Gasteiger partial charge < -0.3 is 20.1 Å².